The van der Waals surface area contributed by atoms with Gasteiger partial charge in [-0.2, -0.15) is 0 Å². The lowest BCUT2D eigenvalue weighted by Gasteiger charge is -2.28. The summed E-state index contributed by atoms with van der Waals surface area (Å²) in [7, 11) is -1.47. The van der Waals surface area contributed by atoms with Crippen molar-refractivity contribution in [3.05, 3.63) is 124 Å². The van der Waals surface area contributed by atoms with E-state index in [1.54, 1.807) is 16.6 Å². The van der Waals surface area contributed by atoms with Gasteiger partial charge in [0.25, 0.3) is 0 Å². The van der Waals surface area contributed by atoms with Crippen LogP contribution in [0.25, 0.3) is 16.6 Å². The average Bonchev–Trinajstić information content (AvgIpc) is 2.88. The van der Waals surface area contributed by atoms with E-state index in [1.807, 2.05) is 85.1 Å². The quantitative estimate of drug-likeness (QED) is 0.244. The Morgan fingerprint density at radius 2 is 1.72 bits per heavy atom. The van der Waals surface area contributed by atoms with Crippen molar-refractivity contribution >= 4 is 27.7 Å². The van der Waals surface area contributed by atoms with Crippen molar-refractivity contribution in [1.82, 2.24) is 9.55 Å². The first-order valence-corrected chi connectivity index (χ1v) is 13.4. The Kier molecular flexibility index (Phi) is 8.28. The Morgan fingerprint density at radius 1 is 1.03 bits per heavy atom. The maximum atomic E-state index is 14.0. The van der Waals surface area contributed by atoms with E-state index in [4.69, 9.17) is 0 Å². The molecule has 1 atom stereocenters. The highest BCUT2D eigenvalue weighted by atomic mass is 32.2. The molecule has 4 aromatic rings. The van der Waals surface area contributed by atoms with Crippen LogP contribution in [0.15, 0.2) is 108 Å². The maximum Gasteiger partial charge on any atom is 0.193 e. The normalized spacial score (nSPS) is 12.8. The van der Waals surface area contributed by atoms with Gasteiger partial charge in [0.1, 0.15) is 16.8 Å². The molecule has 1 unspecified atom stereocenters. The SMILES string of the molecule is CC/C=C\C/C=C(\C)N(c1cc(=O)c2cnc(C)cc2n1-c1ccccc1)S(=O)Cc1ccccc1. The highest BCUT2D eigenvalue weighted by Gasteiger charge is 2.23. The number of benzene rings is 2. The van der Waals surface area contributed by atoms with Gasteiger partial charge in [0.2, 0.25) is 0 Å². The van der Waals surface area contributed by atoms with E-state index in [0.717, 1.165) is 34.6 Å². The number of allylic oxidation sites excluding steroid dienone is 4. The minimum atomic E-state index is -1.47. The number of pyridine rings is 2. The van der Waals surface area contributed by atoms with Crippen LogP contribution in [0.1, 0.15) is 37.9 Å². The number of nitrogens with zero attached hydrogens (tertiary/aromatic N) is 3. The zero-order valence-corrected chi connectivity index (χ0v) is 21.7. The molecule has 2 aromatic heterocycles. The van der Waals surface area contributed by atoms with Gasteiger partial charge in [0.15, 0.2) is 5.43 Å². The molecule has 184 valence electrons. The van der Waals surface area contributed by atoms with Crippen LogP contribution in [-0.4, -0.2) is 13.8 Å². The second kappa shape index (κ2) is 11.8. The maximum absolute atomic E-state index is 14.0. The van der Waals surface area contributed by atoms with E-state index >= 15 is 0 Å². The van der Waals surface area contributed by atoms with Crippen LogP contribution in [0.3, 0.4) is 0 Å². The average molecular weight is 498 g/mol. The fourth-order valence-electron chi connectivity index (χ4n) is 4.11. The molecule has 6 heteroatoms. The number of fused-ring (bicyclic) bond motifs is 1. The lowest BCUT2D eigenvalue weighted by atomic mass is 10.2. The van der Waals surface area contributed by atoms with E-state index in [-0.39, 0.29) is 5.43 Å². The van der Waals surface area contributed by atoms with Crippen LogP contribution >= 0.6 is 0 Å². The van der Waals surface area contributed by atoms with Crippen molar-refractivity contribution in [2.45, 2.75) is 39.4 Å². The summed E-state index contributed by atoms with van der Waals surface area (Å²) in [5.41, 5.74) is 4.05. The van der Waals surface area contributed by atoms with E-state index in [9.17, 15) is 9.00 Å². The summed E-state index contributed by atoms with van der Waals surface area (Å²) in [5.74, 6) is 0.888. The Labute approximate surface area is 215 Å². The lowest BCUT2D eigenvalue weighted by molar-refractivity contribution is 0.680. The fraction of sp³-hybridized carbons (Fsp3) is 0.200. The Morgan fingerprint density at radius 3 is 2.42 bits per heavy atom. The number of anilines is 1. The van der Waals surface area contributed by atoms with Gasteiger partial charge in [-0.15, -0.1) is 0 Å². The highest BCUT2D eigenvalue weighted by Crippen LogP contribution is 2.29. The van der Waals surface area contributed by atoms with Crippen molar-refractivity contribution in [2.24, 2.45) is 0 Å². The number of aromatic nitrogens is 2. The van der Waals surface area contributed by atoms with Crippen LogP contribution in [0, 0.1) is 6.92 Å². The van der Waals surface area contributed by atoms with Gasteiger partial charge in [-0.3, -0.25) is 14.3 Å². The van der Waals surface area contributed by atoms with Crippen LogP contribution in [0.5, 0.6) is 0 Å². The summed E-state index contributed by atoms with van der Waals surface area (Å²) < 4.78 is 17.8. The van der Waals surface area contributed by atoms with Crippen molar-refractivity contribution < 1.29 is 4.21 Å². The third-order valence-electron chi connectivity index (χ3n) is 5.85. The molecular formula is C30H31N3O2S. The fourth-order valence-corrected chi connectivity index (χ4v) is 5.46. The molecule has 0 aliphatic heterocycles. The lowest BCUT2D eigenvalue weighted by Crippen LogP contribution is -2.29. The molecule has 0 saturated heterocycles. The monoisotopic (exact) mass is 497 g/mol. The summed E-state index contributed by atoms with van der Waals surface area (Å²) in [5, 5.41) is 0.523. The molecule has 5 nitrogen and oxygen atoms in total. The van der Waals surface area contributed by atoms with Gasteiger partial charge < -0.3 is 0 Å². The molecule has 0 aliphatic carbocycles. The predicted octanol–water partition coefficient (Wildman–Crippen LogP) is 6.62. The van der Waals surface area contributed by atoms with E-state index in [2.05, 4.69) is 30.1 Å². The third kappa shape index (κ3) is 5.71. The largest absolute Gasteiger partial charge is 0.295 e. The summed E-state index contributed by atoms with van der Waals surface area (Å²) in [6, 6.07) is 23.1. The summed E-state index contributed by atoms with van der Waals surface area (Å²) in [6.07, 6.45) is 9.56. The Balaban J connectivity index is 1.96. The van der Waals surface area contributed by atoms with Crippen molar-refractivity contribution in [3.8, 4) is 5.69 Å². The van der Waals surface area contributed by atoms with Crippen molar-refractivity contribution in [1.29, 1.82) is 0 Å². The summed E-state index contributed by atoms with van der Waals surface area (Å²) in [6.45, 7) is 5.95. The molecule has 0 saturated carbocycles. The third-order valence-corrected chi connectivity index (χ3v) is 7.31. The van der Waals surface area contributed by atoms with Crippen LogP contribution in [0.2, 0.25) is 0 Å². The van der Waals surface area contributed by atoms with Gasteiger partial charge in [-0.05, 0) is 50.5 Å². The minimum Gasteiger partial charge on any atom is -0.295 e. The topological polar surface area (TPSA) is 55.2 Å². The number of hydrogen-bond donors (Lipinski definition) is 0. The minimum absolute atomic E-state index is 0.153. The summed E-state index contributed by atoms with van der Waals surface area (Å²) in [4.78, 5) is 17.6. The smallest absolute Gasteiger partial charge is 0.193 e. The number of rotatable bonds is 9. The van der Waals surface area contributed by atoms with Gasteiger partial charge in [0.05, 0.1) is 16.7 Å². The number of para-hydroxylation sites is 1. The van der Waals surface area contributed by atoms with Gasteiger partial charge in [-0.25, -0.2) is 8.51 Å². The first kappa shape index (κ1) is 25.3. The van der Waals surface area contributed by atoms with Gasteiger partial charge >= 0.3 is 0 Å². The van der Waals surface area contributed by atoms with Crippen molar-refractivity contribution in [3.63, 3.8) is 0 Å². The Bertz CT molecular complexity index is 1480. The molecule has 4 rings (SSSR count). The second-order valence-corrected chi connectivity index (χ2v) is 9.88. The number of aryl methyl sites for hydroxylation is 1. The molecule has 2 aromatic carbocycles. The first-order valence-electron chi connectivity index (χ1n) is 12.1. The van der Waals surface area contributed by atoms with E-state index in [1.165, 1.54) is 0 Å². The molecule has 0 radical (unpaired) electrons. The molecular weight excluding hydrogens is 466 g/mol. The van der Waals surface area contributed by atoms with Crippen LogP contribution in [0.4, 0.5) is 5.82 Å². The molecule has 0 spiro atoms. The zero-order chi connectivity index (χ0) is 25.5. The Hall–Kier alpha value is -3.77. The molecule has 0 aliphatic rings. The predicted molar refractivity (Wildman–Crippen MR) is 151 cm³/mol. The molecule has 0 fully saturated rings. The van der Waals surface area contributed by atoms with Crippen LogP contribution in [-0.2, 0) is 16.7 Å². The van der Waals surface area contributed by atoms with Crippen LogP contribution < -0.4 is 9.73 Å². The zero-order valence-electron chi connectivity index (χ0n) is 20.9. The molecule has 0 bridgehead atoms. The molecule has 0 N–H and O–H groups in total. The standard InChI is InChI=1S/C30H31N3O2S/c1-4-5-6-9-14-24(3)33(36(35)22-25-15-10-7-11-16-25)30-20-29(34)27-21-31-23(2)19-28(27)32(30)26-17-12-8-13-18-26/h5-8,10-21H,4,9,22H2,1-3H3/b6-5-,24-14+. The van der Waals surface area contributed by atoms with E-state index < -0.39 is 11.0 Å². The number of hydrogen-bond acceptors (Lipinski definition) is 3. The second-order valence-electron chi connectivity index (χ2n) is 8.59. The van der Waals surface area contributed by atoms with Gasteiger partial charge in [-0.1, -0.05) is 73.7 Å². The summed E-state index contributed by atoms with van der Waals surface area (Å²) >= 11 is 0. The van der Waals surface area contributed by atoms with Gasteiger partial charge in [0, 0.05) is 29.3 Å². The van der Waals surface area contributed by atoms with Crippen molar-refractivity contribution in [2.75, 3.05) is 4.31 Å². The molecule has 0 amide bonds. The first-order chi connectivity index (χ1) is 17.5. The molecule has 2 heterocycles. The molecule has 36 heavy (non-hydrogen) atoms. The highest BCUT2D eigenvalue weighted by molar-refractivity contribution is 7.85. The van der Waals surface area contributed by atoms with E-state index in [0.29, 0.717) is 23.4 Å².